The summed E-state index contributed by atoms with van der Waals surface area (Å²) in [6.07, 6.45) is 7.52. The molecule has 2 N–H and O–H groups in total. The minimum absolute atomic E-state index is 0.0328. The molecule has 0 unspecified atom stereocenters. The zero-order valence-corrected chi connectivity index (χ0v) is 30.9. The quantitative estimate of drug-likeness (QED) is 0.193. The zero-order valence-electron chi connectivity index (χ0n) is 30.9. The summed E-state index contributed by atoms with van der Waals surface area (Å²) in [6.45, 7) is 11.3. The molecule has 3 fully saturated rings. The maximum atomic E-state index is 15.2. The standard InChI is InChI=1S/C39H50F2N8O4/c1-5-36(41)35(16-7-28(3)40)39(24-47-26-42-25-43-47)21-30(23-53-39)22-52-34-14-12-32(13-15-34)46-19-17-45(18-20-46)31-8-10-33(11-9-31)48-27-44-49(38(48)51)37(6-2)29(4)50/h5,7-16,25-26,29-30,37,44,50H,6,17-24,27H2,1-4H3/b28-7+,35-16+,36-5+/t29-,30+,37-,39-/m0/s1. The van der Waals surface area contributed by atoms with Gasteiger partial charge in [-0.2, -0.15) is 5.10 Å². The molecule has 0 bridgehead atoms. The lowest BCUT2D eigenvalue weighted by molar-refractivity contribution is 0.0164. The molecule has 284 valence electrons. The maximum absolute atomic E-state index is 15.2. The van der Waals surface area contributed by atoms with Gasteiger partial charge in [-0.25, -0.2) is 28.7 Å². The predicted molar refractivity (Wildman–Crippen MR) is 201 cm³/mol. The van der Waals surface area contributed by atoms with Crippen molar-refractivity contribution in [1.82, 2.24) is 25.2 Å². The second-order valence-electron chi connectivity index (χ2n) is 13.8. The number of nitrogens with one attached hydrogen (secondary N) is 1. The summed E-state index contributed by atoms with van der Waals surface area (Å²) in [5, 5.41) is 15.8. The summed E-state index contributed by atoms with van der Waals surface area (Å²) in [6, 6.07) is 15.7. The number of aromatic nitrogens is 3. The van der Waals surface area contributed by atoms with Gasteiger partial charge in [0.05, 0.1) is 44.4 Å². The van der Waals surface area contributed by atoms with Gasteiger partial charge >= 0.3 is 6.03 Å². The van der Waals surface area contributed by atoms with Crippen LogP contribution in [-0.2, 0) is 11.3 Å². The van der Waals surface area contributed by atoms with Gasteiger partial charge in [-0.15, -0.1) is 0 Å². The molecule has 12 nitrogen and oxygen atoms in total. The number of anilines is 3. The summed E-state index contributed by atoms with van der Waals surface area (Å²) in [5.74, 6) is -0.203. The Morgan fingerprint density at radius 2 is 1.70 bits per heavy atom. The lowest BCUT2D eigenvalue weighted by Gasteiger charge is -2.37. The first-order valence-electron chi connectivity index (χ1n) is 18.3. The van der Waals surface area contributed by atoms with Gasteiger partial charge in [0.25, 0.3) is 0 Å². The number of ether oxygens (including phenoxy) is 2. The predicted octanol–water partition coefficient (Wildman–Crippen LogP) is 6.00. The second-order valence-corrected chi connectivity index (χ2v) is 13.8. The van der Waals surface area contributed by atoms with Crippen LogP contribution < -0.4 is 24.9 Å². The van der Waals surface area contributed by atoms with Crippen LogP contribution in [0, 0.1) is 5.92 Å². The van der Waals surface area contributed by atoms with Gasteiger partial charge in [-0.3, -0.25) is 9.91 Å². The Morgan fingerprint density at radius 3 is 2.26 bits per heavy atom. The van der Waals surface area contributed by atoms with E-state index in [0.717, 1.165) is 49.0 Å². The largest absolute Gasteiger partial charge is 0.493 e. The molecule has 0 spiro atoms. The molecule has 0 radical (unpaired) electrons. The average molecular weight is 733 g/mol. The van der Waals surface area contributed by atoms with Crippen molar-refractivity contribution in [3.63, 3.8) is 0 Å². The molecule has 14 heteroatoms. The number of benzene rings is 2. The van der Waals surface area contributed by atoms with Crippen molar-refractivity contribution in [1.29, 1.82) is 0 Å². The first-order chi connectivity index (χ1) is 25.6. The number of allylic oxidation sites excluding steroid dienone is 4. The number of aliphatic hydroxyl groups is 1. The van der Waals surface area contributed by atoms with E-state index in [9.17, 15) is 14.3 Å². The minimum Gasteiger partial charge on any atom is -0.493 e. The van der Waals surface area contributed by atoms with E-state index in [0.29, 0.717) is 32.7 Å². The lowest BCUT2D eigenvalue weighted by atomic mass is 9.85. The monoisotopic (exact) mass is 732 g/mol. The first kappa shape index (κ1) is 38.0. The van der Waals surface area contributed by atoms with Gasteiger partial charge in [-0.05, 0) is 88.2 Å². The molecular weight excluding hydrogens is 682 g/mol. The number of rotatable bonds is 14. The van der Waals surface area contributed by atoms with Crippen molar-refractivity contribution in [2.24, 2.45) is 5.92 Å². The molecule has 0 aliphatic carbocycles. The molecule has 0 saturated carbocycles. The molecule has 3 aliphatic rings. The van der Waals surface area contributed by atoms with Gasteiger partial charge in [0, 0.05) is 54.7 Å². The third-order valence-electron chi connectivity index (χ3n) is 10.2. The number of piperazine rings is 1. The van der Waals surface area contributed by atoms with Crippen LogP contribution in [0.5, 0.6) is 5.75 Å². The Morgan fingerprint density at radius 1 is 1.06 bits per heavy atom. The highest BCUT2D eigenvalue weighted by Crippen LogP contribution is 2.41. The summed E-state index contributed by atoms with van der Waals surface area (Å²) in [4.78, 5) is 23.5. The Bertz CT molecular complexity index is 1750. The Kier molecular flexibility index (Phi) is 12.1. The maximum Gasteiger partial charge on any atom is 0.340 e. The molecule has 2 amide bonds. The Balaban J connectivity index is 1.01. The van der Waals surface area contributed by atoms with E-state index < -0.39 is 23.4 Å². The van der Waals surface area contributed by atoms with Gasteiger partial charge in [0.2, 0.25) is 0 Å². The van der Waals surface area contributed by atoms with Crippen molar-refractivity contribution in [2.75, 3.05) is 60.8 Å². The molecule has 4 atom stereocenters. The number of amides is 2. The number of hydrogen-bond donors (Lipinski definition) is 2. The van der Waals surface area contributed by atoms with Crippen molar-refractivity contribution in [3.05, 3.63) is 96.6 Å². The topological polar surface area (TPSA) is 111 Å². The van der Waals surface area contributed by atoms with Gasteiger partial charge in [0.1, 0.15) is 29.8 Å². The van der Waals surface area contributed by atoms with Crippen molar-refractivity contribution < 1.29 is 28.2 Å². The molecule has 3 aliphatic heterocycles. The van der Waals surface area contributed by atoms with E-state index in [1.165, 1.54) is 36.5 Å². The van der Waals surface area contributed by atoms with Crippen LogP contribution in [0.3, 0.4) is 0 Å². The first-order valence-corrected chi connectivity index (χ1v) is 18.3. The number of carbonyl (C=O) groups is 1. The highest BCUT2D eigenvalue weighted by atomic mass is 19.1. The SMILES string of the molecule is C\C=C(F)/C(=C\C=C(/C)F)[C@@]1(Cn2cncn2)C[C@H](COc2ccc(N3CCN(c4ccc(N5CNN([C@@H](CC)[C@H](C)O)C5=O)cc4)CC3)cc2)CO1. The summed E-state index contributed by atoms with van der Waals surface area (Å²) in [7, 11) is 0. The summed E-state index contributed by atoms with van der Waals surface area (Å²) < 4.78 is 43.1. The fraction of sp³-hybridized carbons (Fsp3) is 0.462. The Hall–Kier alpha value is -4.79. The second kappa shape index (κ2) is 16.9. The number of halogens is 2. The number of carbonyl (C=O) groups excluding carboxylic acids is 1. The average Bonchev–Trinajstić information content (AvgIpc) is 3.93. The Labute approximate surface area is 309 Å². The van der Waals surface area contributed by atoms with E-state index >= 15 is 4.39 Å². The fourth-order valence-corrected chi connectivity index (χ4v) is 7.38. The third kappa shape index (κ3) is 8.72. The molecule has 3 aromatic rings. The minimum atomic E-state index is -1.07. The molecule has 4 heterocycles. The van der Waals surface area contributed by atoms with Gasteiger partial charge in [-0.1, -0.05) is 19.1 Å². The van der Waals surface area contributed by atoms with Crippen LogP contribution in [0.15, 0.2) is 96.6 Å². The highest BCUT2D eigenvalue weighted by molar-refractivity contribution is 5.93. The lowest BCUT2D eigenvalue weighted by Crippen LogP contribution is -2.48. The van der Waals surface area contributed by atoms with Crippen LogP contribution >= 0.6 is 0 Å². The number of urea groups is 1. The van der Waals surface area contributed by atoms with Crippen molar-refractivity contribution >= 4 is 23.1 Å². The van der Waals surface area contributed by atoms with Gasteiger partial charge < -0.3 is 24.4 Å². The molecule has 53 heavy (non-hydrogen) atoms. The molecule has 1 aromatic heterocycles. The van der Waals surface area contributed by atoms with E-state index in [4.69, 9.17) is 9.47 Å². The summed E-state index contributed by atoms with van der Waals surface area (Å²) >= 11 is 0. The molecule has 6 rings (SSSR count). The smallest absolute Gasteiger partial charge is 0.340 e. The fourth-order valence-electron chi connectivity index (χ4n) is 7.38. The normalized spacial score (nSPS) is 22.9. The van der Waals surface area contributed by atoms with E-state index in [2.05, 4.69) is 49.6 Å². The third-order valence-corrected chi connectivity index (χ3v) is 10.2. The molecular formula is C39H50F2N8O4. The molecule has 3 saturated heterocycles. The number of hydrogen-bond acceptors (Lipinski definition) is 9. The van der Waals surface area contributed by atoms with Gasteiger partial charge in [0.15, 0.2) is 0 Å². The van der Waals surface area contributed by atoms with Crippen LogP contribution in [0.2, 0.25) is 0 Å². The number of hydrazine groups is 1. The van der Waals surface area contributed by atoms with Crippen molar-refractivity contribution in [2.45, 2.75) is 64.8 Å². The van der Waals surface area contributed by atoms with Crippen molar-refractivity contribution in [3.8, 4) is 5.75 Å². The van der Waals surface area contributed by atoms with E-state index in [1.807, 2.05) is 31.2 Å². The van der Waals surface area contributed by atoms with Crippen LogP contribution in [0.1, 0.15) is 40.5 Å². The van der Waals surface area contributed by atoms with Crippen LogP contribution in [0.4, 0.5) is 30.6 Å². The van der Waals surface area contributed by atoms with E-state index in [1.54, 1.807) is 29.8 Å². The highest BCUT2D eigenvalue weighted by Gasteiger charge is 2.46. The van der Waals surface area contributed by atoms with Crippen LogP contribution in [0.25, 0.3) is 0 Å². The zero-order chi connectivity index (χ0) is 37.5. The van der Waals surface area contributed by atoms with E-state index in [-0.39, 0.29) is 30.1 Å². The molecule has 2 aromatic carbocycles. The van der Waals surface area contributed by atoms with Crippen LogP contribution in [-0.4, -0.2) is 94.7 Å². The number of nitrogens with zero attached hydrogens (tertiary/aromatic N) is 7. The summed E-state index contributed by atoms with van der Waals surface area (Å²) in [5.41, 5.74) is 5.35. The number of aliphatic hydroxyl groups excluding tert-OH is 1.